The fourth-order valence-electron chi connectivity index (χ4n) is 1.40. The molecule has 2 heterocycles. The number of ether oxygens (including phenoxy) is 1. The number of aromatic nitrogens is 1. The summed E-state index contributed by atoms with van der Waals surface area (Å²) in [5.74, 6) is 1.13. The predicted octanol–water partition coefficient (Wildman–Crippen LogP) is 3.77. The summed E-state index contributed by atoms with van der Waals surface area (Å²) in [6, 6.07) is 7.90. The van der Waals surface area contributed by atoms with E-state index in [1.165, 1.54) is 4.88 Å². The van der Waals surface area contributed by atoms with Gasteiger partial charge in [0.2, 0.25) is 5.88 Å². The van der Waals surface area contributed by atoms with Gasteiger partial charge < -0.3 is 4.74 Å². The van der Waals surface area contributed by atoms with Gasteiger partial charge >= 0.3 is 0 Å². The number of halogens is 1. The monoisotopic (exact) mass is 253 g/mol. The Kier molecular flexibility index (Phi) is 3.80. The van der Waals surface area contributed by atoms with Crippen LogP contribution in [-0.2, 0) is 12.5 Å². The van der Waals surface area contributed by atoms with Gasteiger partial charge in [-0.1, -0.05) is 6.07 Å². The van der Waals surface area contributed by atoms with Gasteiger partial charge in [-0.25, -0.2) is 4.98 Å². The standard InChI is InChI=1S/C12H12ClNOS/c1-9-5-10(7-13)6-12(14-9)15-8-11-3-2-4-16-11/h2-6H,7-8H2,1H3. The Balaban J connectivity index is 2.06. The van der Waals surface area contributed by atoms with Crippen LogP contribution < -0.4 is 4.74 Å². The minimum atomic E-state index is 0.485. The summed E-state index contributed by atoms with van der Waals surface area (Å²) in [6.45, 7) is 2.50. The number of pyridine rings is 1. The van der Waals surface area contributed by atoms with Crippen molar-refractivity contribution in [3.8, 4) is 5.88 Å². The van der Waals surface area contributed by atoms with Crippen molar-refractivity contribution in [3.05, 3.63) is 45.8 Å². The van der Waals surface area contributed by atoms with E-state index in [4.69, 9.17) is 16.3 Å². The first-order valence-electron chi connectivity index (χ1n) is 4.96. The molecule has 2 aromatic heterocycles. The number of nitrogens with zero attached hydrogens (tertiary/aromatic N) is 1. The first-order valence-corrected chi connectivity index (χ1v) is 6.38. The van der Waals surface area contributed by atoms with Gasteiger partial charge in [0.05, 0.1) is 0 Å². The Morgan fingerprint density at radius 3 is 3.00 bits per heavy atom. The maximum Gasteiger partial charge on any atom is 0.214 e. The van der Waals surface area contributed by atoms with Crippen LogP contribution in [0.1, 0.15) is 16.1 Å². The molecule has 0 unspecified atom stereocenters. The zero-order chi connectivity index (χ0) is 11.4. The van der Waals surface area contributed by atoms with Gasteiger partial charge in [0.1, 0.15) is 6.61 Å². The summed E-state index contributed by atoms with van der Waals surface area (Å²) in [5, 5.41) is 2.03. The van der Waals surface area contributed by atoms with Crippen LogP contribution in [0, 0.1) is 6.92 Å². The summed E-state index contributed by atoms with van der Waals surface area (Å²) in [5.41, 5.74) is 1.97. The van der Waals surface area contributed by atoms with E-state index in [9.17, 15) is 0 Å². The van der Waals surface area contributed by atoms with Crippen LogP contribution in [0.5, 0.6) is 5.88 Å². The van der Waals surface area contributed by atoms with Crippen molar-refractivity contribution >= 4 is 22.9 Å². The minimum absolute atomic E-state index is 0.485. The van der Waals surface area contributed by atoms with Crippen LogP contribution in [0.25, 0.3) is 0 Å². The highest BCUT2D eigenvalue weighted by Crippen LogP contribution is 2.17. The van der Waals surface area contributed by atoms with E-state index in [0.717, 1.165) is 11.3 Å². The lowest BCUT2D eigenvalue weighted by Gasteiger charge is -2.06. The maximum absolute atomic E-state index is 5.79. The van der Waals surface area contributed by atoms with Gasteiger partial charge in [0.15, 0.2) is 0 Å². The van der Waals surface area contributed by atoms with E-state index in [-0.39, 0.29) is 0 Å². The average Bonchev–Trinajstić information content (AvgIpc) is 2.78. The van der Waals surface area contributed by atoms with E-state index < -0.39 is 0 Å². The second kappa shape index (κ2) is 5.32. The normalized spacial score (nSPS) is 10.4. The molecular weight excluding hydrogens is 242 g/mol. The molecule has 2 aromatic rings. The van der Waals surface area contributed by atoms with Crippen molar-refractivity contribution in [3.63, 3.8) is 0 Å². The largest absolute Gasteiger partial charge is 0.472 e. The van der Waals surface area contributed by atoms with Crippen molar-refractivity contribution in [2.24, 2.45) is 0 Å². The molecule has 84 valence electrons. The Morgan fingerprint density at radius 1 is 1.44 bits per heavy atom. The van der Waals surface area contributed by atoms with Crippen LogP contribution in [0.4, 0.5) is 0 Å². The average molecular weight is 254 g/mol. The SMILES string of the molecule is Cc1cc(CCl)cc(OCc2cccs2)n1. The van der Waals surface area contributed by atoms with E-state index >= 15 is 0 Å². The molecule has 0 bridgehead atoms. The molecule has 0 saturated heterocycles. The fourth-order valence-corrected chi connectivity index (χ4v) is 2.17. The predicted molar refractivity (Wildman–Crippen MR) is 67.2 cm³/mol. The van der Waals surface area contributed by atoms with Crippen molar-refractivity contribution in [2.45, 2.75) is 19.4 Å². The first-order chi connectivity index (χ1) is 7.78. The molecule has 2 nitrogen and oxygen atoms in total. The molecule has 0 aromatic carbocycles. The van der Waals surface area contributed by atoms with E-state index in [0.29, 0.717) is 18.4 Å². The summed E-state index contributed by atoms with van der Waals surface area (Å²) >= 11 is 7.47. The molecule has 16 heavy (non-hydrogen) atoms. The molecule has 2 rings (SSSR count). The highest BCUT2D eigenvalue weighted by molar-refractivity contribution is 7.09. The van der Waals surface area contributed by atoms with E-state index in [2.05, 4.69) is 4.98 Å². The van der Waals surface area contributed by atoms with Crippen molar-refractivity contribution < 1.29 is 4.74 Å². The van der Waals surface area contributed by atoms with Gasteiger partial charge in [-0.05, 0) is 30.0 Å². The summed E-state index contributed by atoms with van der Waals surface area (Å²) < 4.78 is 5.61. The minimum Gasteiger partial charge on any atom is -0.472 e. The third kappa shape index (κ3) is 2.97. The Bertz CT molecular complexity index is 456. The third-order valence-corrected chi connectivity index (χ3v) is 3.24. The summed E-state index contributed by atoms with van der Waals surface area (Å²) in [4.78, 5) is 5.50. The van der Waals surface area contributed by atoms with Gasteiger partial charge in [0.25, 0.3) is 0 Å². The number of hydrogen-bond acceptors (Lipinski definition) is 3. The zero-order valence-corrected chi connectivity index (χ0v) is 10.5. The molecule has 0 spiro atoms. The zero-order valence-electron chi connectivity index (χ0n) is 8.94. The summed E-state index contributed by atoms with van der Waals surface area (Å²) in [6.07, 6.45) is 0. The van der Waals surface area contributed by atoms with E-state index in [1.54, 1.807) is 11.3 Å². The maximum atomic E-state index is 5.79. The quantitative estimate of drug-likeness (QED) is 0.774. The molecular formula is C12H12ClNOS. The van der Waals surface area contributed by atoms with Crippen molar-refractivity contribution in [2.75, 3.05) is 0 Å². The molecule has 0 fully saturated rings. The Labute approximate surface area is 104 Å². The fraction of sp³-hybridized carbons (Fsp3) is 0.250. The number of hydrogen-bond donors (Lipinski definition) is 0. The molecule has 0 N–H and O–H groups in total. The van der Waals surface area contributed by atoms with Crippen LogP contribution >= 0.6 is 22.9 Å². The first kappa shape index (κ1) is 11.4. The molecule has 0 aliphatic carbocycles. The van der Waals surface area contributed by atoms with Gasteiger partial charge in [-0.15, -0.1) is 22.9 Å². The molecule has 0 aliphatic rings. The molecule has 0 amide bonds. The number of alkyl halides is 1. The van der Waals surface area contributed by atoms with Gasteiger partial charge in [-0.2, -0.15) is 0 Å². The Hall–Kier alpha value is -1.06. The molecule has 0 atom stereocenters. The number of rotatable bonds is 4. The van der Waals surface area contributed by atoms with Crippen molar-refractivity contribution in [1.82, 2.24) is 4.98 Å². The molecule has 4 heteroatoms. The van der Waals surface area contributed by atoms with E-state index in [1.807, 2.05) is 36.6 Å². The van der Waals surface area contributed by atoms with Crippen LogP contribution in [-0.4, -0.2) is 4.98 Å². The molecule has 0 radical (unpaired) electrons. The second-order valence-electron chi connectivity index (χ2n) is 3.46. The lowest BCUT2D eigenvalue weighted by molar-refractivity contribution is 0.296. The van der Waals surface area contributed by atoms with Crippen LogP contribution in [0.3, 0.4) is 0 Å². The Morgan fingerprint density at radius 2 is 2.31 bits per heavy atom. The van der Waals surface area contributed by atoms with Gasteiger partial charge in [0, 0.05) is 22.5 Å². The highest BCUT2D eigenvalue weighted by Gasteiger charge is 2.01. The third-order valence-electron chi connectivity index (χ3n) is 2.09. The van der Waals surface area contributed by atoms with Gasteiger partial charge in [-0.3, -0.25) is 0 Å². The smallest absolute Gasteiger partial charge is 0.214 e. The molecule has 0 saturated carbocycles. The number of aryl methyl sites for hydroxylation is 1. The lowest BCUT2D eigenvalue weighted by Crippen LogP contribution is -1.97. The van der Waals surface area contributed by atoms with Crippen LogP contribution in [0.15, 0.2) is 29.6 Å². The topological polar surface area (TPSA) is 22.1 Å². The number of thiophene rings is 1. The second-order valence-corrected chi connectivity index (χ2v) is 4.76. The lowest BCUT2D eigenvalue weighted by atomic mass is 10.2. The summed E-state index contributed by atoms with van der Waals surface area (Å²) in [7, 11) is 0. The van der Waals surface area contributed by atoms with Crippen molar-refractivity contribution in [1.29, 1.82) is 0 Å². The highest BCUT2D eigenvalue weighted by atomic mass is 35.5. The van der Waals surface area contributed by atoms with Crippen LogP contribution in [0.2, 0.25) is 0 Å². The molecule has 0 aliphatic heterocycles.